The number of carboxylic acids is 1. The normalized spacial score (nSPS) is 15.0. The maximum Gasteiger partial charge on any atom is 0.573 e. The van der Waals surface area contributed by atoms with Gasteiger partial charge in [0.2, 0.25) is 0 Å². The van der Waals surface area contributed by atoms with Gasteiger partial charge in [0.15, 0.2) is 0 Å². The monoisotopic (exact) mass is 521 g/mol. The average Bonchev–Trinajstić information content (AvgIpc) is 3.35. The van der Waals surface area contributed by atoms with E-state index in [0.717, 1.165) is 31.1 Å². The number of rotatable bonds is 8. The SMILES string of the molecule is O=C(NC(C(=O)O)C1CCCC1)c1ccc2ccc(Cl)cc2c1OCc1ccc(OC(F)(F)F)cc1. The van der Waals surface area contributed by atoms with Gasteiger partial charge in [-0.15, -0.1) is 13.2 Å². The lowest BCUT2D eigenvalue weighted by Crippen LogP contribution is -2.45. The van der Waals surface area contributed by atoms with Gasteiger partial charge in [-0.25, -0.2) is 4.79 Å². The van der Waals surface area contributed by atoms with Crippen LogP contribution in [0.2, 0.25) is 5.02 Å². The molecule has 0 spiro atoms. The maximum absolute atomic E-state index is 13.2. The highest BCUT2D eigenvalue weighted by atomic mass is 35.5. The van der Waals surface area contributed by atoms with Gasteiger partial charge in [0, 0.05) is 10.4 Å². The third-order valence-corrected chi connectivity index (χ3v) is 6.38. The summed E-state index contributed by atoms with van der Waals surface area (Å²) in [6.45, 7) is -0.0663. The molecular weight excluding hydrogens is 499 g/mol. The predicted molar refractivity (Wildman–Crippen MR) is 127 cm³/mol. The van der Waals surface area contributed by atoms with Gasteiger partial charge in [0.05, 0.1) is 5.56 Å². The second kappa shape index (κ2) is 10.7. The van der Waals surface area contributed by atoms with Crippen molar-refractivity contribution in [3.63, 3.8) is 0 Å². The van der Waals surface area contributed by atoms with E-state index >= 15 is 0 Å². The zero-order valence-corrected chi connectivity index (χ0v) is 19.7. The van der Waals surface area contributed by atoms with Crippen molar-refractivity contribution in [1.29, 1.82) is 0 Å². The number of hydrogen-bond acceptors (Lipinski definition) is 4. The first-order valence-corrected chi connectivity index (χ1v) is 11.7. The van der Waals surface area contributed by atoms with Crippen LogP contribution in [0.4, 0.5) is 13.2 Å². The first-order chi connectivity index (χ1) is 17.1. The summed E-state index contributed by atoms with van der Waals surface area (Å²) >= 11 is 6.18. The quantitative estimate of drug-likeness (QED) is 0.361. The molecule has 0 aliphatic heterocycles. The number of fused-ring (bicyclic) bond motifs is 1. The summed E-state index contributed by atoms with van der Waals surface area (Å²) in [4.78, 5) is 25.1. The predicted octanol–water partition coefficient (Wildman–Crippen LogP) is 6.34. The van der Waals surface area contributed by atoms with Crippen LogP contribution in [0, 0.1) is 5.92 Å². The zero-order valence-electron chi connectivity index (χ0n) is 19.0. The molecule has 0 aromatic heterocycles. The Balaban J connectivity index is 1.61. The average molecular weight is 522 g/mol. The topological polar surface area (TPSA) is 84.9 Å². The van der Waals surface area contributed by atoms with E-state index < -0.39 is 24.3 Å². The molecule has 10 heteroatoms. The molecule has 0 radical (unpaired) electrons. The van der Waals surface area contributed by atoms with E-state index in [-0.39, 0.29) is 29.6 Å². The number of carbonyl (C=O) groups is 2. The standard InChI is InChI=1S/C26H23ClF3NO5/c27-18-9-7-16-8-12-20(24(32)31-22(25(33)34)17-3-1-2-4-17)23(21(16)13-18)35-14-15-5-10-19(11-6-15)36-26(28,29)30/h5-13,17,22H,1-4,14H2,(H,31,32)(H,33,34). The summed E-state index contributed by atoms with van der Waals surface area (Å²) < 4.78 is 47.1. The van der Waals surface area contributed by atoms with Crippen LogP contribution >= 0.6 is 11.6 Å². The summed E-state index contributed by atoms with van der Waals surface area (Å²) in [6, 6.07) is 12.5. The molecule has 1 aliphatic carbocycles. The smallest absolute Gasteiger partial charge is 0.487 e. The Bertz CT molecular complexity index is 1260. The molecule has 36 heavy (non-hydrogen) atoms. The Kier molecular flexibility index (Phi) is 7.59. The molecule has 1 amide bonds. The van der Waals surface area contributed by atoms with E-state index in [1.807, 2.05) is 0 Å². The Labute approximate surface area is 210 Å². The Morgan fingerprint density at radius 2 is 1.72 bits per heavy atom. The fraction of sp³-hybridized carbons (Fsp3) is 0.308. The molecule has 4 rings (SSSR count). The van der Waals surface area contributed by atoms with E-state index in [1.165, 1.54) is 24.3 Å². The lowest BCUT2D eigenvalue weighted by atomic mass is 9.97. The van der Waals surface area contributed by atoms with Crippen LogP contribution in [0.5, 0.6) is 11.5 Å². The minimum absolute atomic E-state index is 0.0663. The van der Waals surface area contributed by atoms with Crippen LogP contribution in [0.15, 0.2) is 54.6 Å². The van der Waals surface area contributed by atoms with Crippen molar-refractivity contribution in [3.05, 3.63) is 70.7 Å². The number of carbonyl (C=O) groups excluding carboxylic acids is 1. The van der Waals surface area contributed by atoms with Crippen LogP contribution in [0.25, 0.3) is 10.8 Å². The molecule has 3 aromatic carbocycles. The van der Waals surface area contributed by atoms with Crippen molar-refractivity contribution in [3.8, 4) is 11.5 Å². The maximum atomic E-state index is 13.2. The molecule has 1 aliphatic rings. The summed E-state index contributed by atoms with van der Waals surface area (Å²) in [5, 5.41) is 14.0. The number of hydrogen-bond donors (Lipinski definition) is 2. The number of ether oxygens (including phenoxy) is 2. The van der Waals surface area contributed by atoms with Crippen LogP contribution in [0.3, 0.4) is 0 Å². The fourth-order valence-electron chi connectivity index (χ4n) is 4.43. The first kappa shape index (κ1) is 25.6. The number of benzene rings is 3. The second-order valence-corrected chi connectivity index (χ2v) is 9.06. The number of aliphatic carboxylic acids is 1. The van der Waals surface area contributed by atoms with E-state index in [0.29, 0.717) is 16.0 Å². The molecule has 2 N–H and O–H groups in total. The van der Waals surface area contributed by atoms with E-state index in [2.05, 4.69) is 10.1 Å². The highest BCUT2D eigenvalue weighted by Gasteiger charge is 2.33. The summed E-state index contributed by atoms with van der Waals surface area (Å²) in [6.07, 6.45) is -1.52. The molecule has 0 bridgehead atoms. The Morgan fingerprint density at radius 1 is 1.06 bits per heavy atom. The fourth-order valence-corrected chi connectivity index (χ4v) is 4.60. The number of halogens is 4. The number of amides is 1. The summed E-state index contributed by atoms with van der Waals surface area (Å²) in [5.41, 5.74) is 0.662. The highest BCUT2D eigenvalue weighted by molar-refractivity contribution is 6.31. The van der Waals surface area contributed by atoms with Crippen LogP contribution in [-0.4, -0.2) is 29.4 Å². The molecule has 0 heterocycles. The minimum Gasteiger partial charge on any atom is -0.487 e. The zero-order chi connectivity index (χ0) is 25.9. The lowest BCUT2D eigenvalue weighted by Gasteiger charge is -2.22. The van der Waals surface area contributed by atoms with Gasteiger partial charge < -0.3 is 19.9 Å². The van der Waals surface area contributed by atoms with Crippen molar-refractivity contribution in [2.45, 2.75) is 44.7 Å². The molecule has 190 valence electrons. The van der Waals surface area contributed by atoms with Crippen LogP contribution in [-0.2, 0) is 11.4 Å². The first-order valence-electron chi connectivity index (χ1n) is 11.3. The number of carboxylic acid groups (broad SMARTS) is 1. The summed E-state index contributed by atoms with van der Waals surface area (Å²) in [5.74, 6) is -2.01. The van der Waals surface area contributed by atoms with Crippen LogP contribution in [0.1, 0.15) is 41.6 Å². The molecule has 1 unspecified atom stereocenters. The van der Waals surface area contributed by atoms with Gasteiger partial charge >= 0.3 is 12.3 Å². The van der Waals surface area contributed by atoms with Gasteiger partial charge in [-0.1, -0.05) is 48.7 Å². The van der Waals surface area contributed by atoms with Crippen molar-refractivity contribution in [2.75, 3.05) is 0 Å². The van der Waals surface area contributed by atoms with Crippen molar-refractivity contribution in [1.82, 2.24) is 5.32 Å². The molecule has 1 fully saturated rings. The van der Waals surface area contributed by atoms with Crippen LogP contribution < -0.4 is 14.8 Å². The van der Waals surface area contributed by atoms with Gasteiger partial charge in [0.1, 0.15) is 24.1 Å². The third kappa shape index (κ3) is 6.20. The Hall–Kier alpha value is -3.46. The Morgan fingerprint density at radius 3 is 2.36 bits per heavy atom. The molecule has 1 saturated carbocycles. The number of nitrogens with one attached hydrogen (secondary N) is 1. The molecular formula is C26H23ClF3NO5. The highest BCUT2D eigenvalue weighted by Crippen LogP contribution is 2.34. The van der Waals surface area contributed by atoms with Gasteiger partial charge in [-0.2, -0.15) is 0 Å². The lowest BCUT2D eigenvalue weighted by molar-refractivity contribution is -0.274. The number of alkyl halides is 3. The van der Waals surface area contributed by atoms with E-state index in [4.69, 9.17) is 16.3 Å². The molecule has 1 atom stereocenters. The van der Waals surface area contributed by atoms with Crippen molar-refractivity contribution < 1.29 is 37.3 Å². The van der Waals surface area contributed by atoms with E-state index in [9.17, 15) is 27.9 Å². The van der Waals surface area contributed by atoms with Gasteiger partial charge in [0.25, 0.3) is 5.91 Å². The second-order valence-electron chi connectivity index (χ2n) is 8.62. The van der Waals surface area contributed by atoms with Gasteiger partial charge in [-0.3, -0.25) is 4.79 Å². The summed E-state index contributed by atoms with van der Waals surface area (Å²) in [7, 11) is 0. The third-order valence-electron chi connectivity index (χ3n) is 6.14. The van der Waals surface area contributed by atoms with Crippen molar-refractivity contribution in [2.24, 2.45) is 5.92 Å². The molecule has 0 saturated heterocycles. The van der Waals surface area contributed by atoms with Crippen molar-refractivity contribution >= 4 is 34.2 Å². The molecule has 3 aromatic rings. The largest absolute Gasteiger partial charge is 0.573 e. The van der Waals surface area contributed by atoms with E-state index in [1.54, 1.807) is 30.3 Å². The van der Waals surface area contributed by atoms with Gasteiger partial charge in [-0.05, 0) is 60.0 Å². The minimum atomic E-state index is -4.80. The molecule has 6 nitrogen and oxygen atoms in total.